The Morgan fingerprint density at radius 3 is 2.40 bits per heavy atom. The summed E-state index contributed by atoms with van der Waals surface area (Å²) >= 11 is 3.45. The van der Waals surface area contributed by atoms with Crippen LogP contribution in [-0.4, -0.2) is 23.9 Å². The second-order valence-corrected chi connectivity index (χ2v) is 6.52. The minimum atomic E-state index is -0.281. The SMILES string of the molecule is CC(C)(C)NC(=O)CNC(=O)CCc1ccccc1Br. The van der Waals surface area contributed by atoms with Crippen molar-refractivity contribution in [1.29, 1.82) is 0 Å². The number of hydrogen-bond acceptors (Lipinski definition) is 2. The summed E-state index contributed by atoms with van der Waals surface area (Å²) in [5.74, 6) is -0.295. The molecule has 1 aromatic carbocycles. The summed E-state index contributed by atoms with van der Waals surface area (Å²) in [6.45, 7) is 5.73. The van der Waals surface area contributed by atoms with Crippen molar-refractivity contribution in [1.82, 2.24) is 10.6 Å². The van der Waals surface area contributed by atoms with Crippen LogP contribution in [0.2, 0.25) is 0 Å². The van der Waals surface area contributed by atoms with Crippen molar-refractivity contribution in [3.05, 3.63) is 34.3 Å². The summed E-state index contributed by atoms with van der Waals surface area (Å²) in [6, 6.07) is 7.80. The molecular formula is C15H21BrN2O2. The maximum Gasteiger partial charge on any atom is 0.239 e. The highest BCUT2D eigenvalue weighted by Gasteiger charge is 2.14. The van der Waals surface area contributed by atoms with Crippen LogP contribution in [0.1, 0.15) is 32.8 Å². The van der Waals surface area contributed by atoms with Gasteiger partial charge in [0.1, 0.15) is 0 Å². The van der Waals surface area contributed by atoms with Gasteiger partial charge in [-0.05, 0) is 38.8 Å². The van der Waals surface area contributed by atoms with Crippen LogP contribution < -0.4 is 10.6 Å². The average Bonchev–Trinajstić information content (AvgIpc) is 2.33. The van der Waals surface area contributed by atoms with Crippen molar-refractivity contribution in [2.75, 3.05) is 6.54 Å². The molecule has 0 atom stereocenters. The molecule has 0 spiro atoms. The number of benzene rings is 1. The van der Waals surface area contributed by atoms with Gasteiger partial charge in [-0.3, -0.25) is 9.59 Å². The maximum absolute atomic E-state index is 11.7. The first kappa shape index (κ1) is 16.7. The largest absolute Gasteiger partial charge is 0.350 e. The third kappa shape index (κ3) is 6.70. The van der Waals surface area contributed by atoms with Crippen LogP contribution in [0.3, 0.4) is 0 Å². The van der Waals surface area contributed by atoms with Crippen LogP contribution >= 0.6 is 15.9 Å². The second-order valence-electron chi connectivity index (χ2n) is 5.67. The first-order chi connectivity index (χ1) is 9.28. The molecule has 0 heterocycles. The number of carbonyl (C=O) groups excluding carboxylic acids is 2. The zero-order chi connectivity index (χ0) is 15.2. The maximum atomic E-state index is 11.7. The minimum absolute atomic E-state index is 0.0199. The molecule has 0 aliphatic rings. The lowest BCUT2D eigenvalue weighted by molar-refractivity contribution is -0.126. The van der Waals surface area contributed by atoms with Crippen molar-refractivity contribution in [3.63, 3.8) is 0 Å². The van der Waals surface area contributed by atoms with Crippen LogP contribution in [-0.2, 0) is 16.0 Å². The van der Waals surface area contributed by atoms with Crippen molar-refractivity contribution in [3.8, 4) is 0 Å². The fourth-order valence-electron chi connectivity index (χ4n) is 1.68. The van der Waals surface area contributed by atoms with Gasteiger partial charge in [0, 0.05) is 16.4 Å². The van der Waals surface area contributed by atoms with Gasteiger partial charge in [0.15, 0.2) is 0 Å². The Hall–Kier alpha value is -1.36. The Morgan fingerprint density at radius 1 is 1.15 bits per heavy atom. The molecule has 110 valence electrons. The van der Waals surface area contributed by atoms with Gasteiger partial charge in [-0.25, -0.2) is 0 Å². The molecule has 0 aliphatic carbocycles. The van der Waals surface area contributed by atoms with E-state index in [2.05, 4.69) is 26.6 Å². The van der Waals surface area contributed by atoms with E-state index in [9.17, 15) is 9.59 Å². The molecular weight excluding hydrogens is 320 g/mol. The van der Waals surface area contributed by atoms with Crippen molar-refractivity contribution in [2.45, 2.75) is 39.2 Å². The van der Waals surface area contributed by atoms with Gasteiger partial charge in [0.25, 0.3) is 0 Å². The number of halogens is 1. The number of hydrogen-bond donors (Lipinski definition) is 2. The third-order valence-electron chi connectivity index (χ3n) is 2.54. The summed E-state index contributed by atoms with van der Waals surface area (Å²) < 4.78 is 0.998. The van der Waals surface area contributed by atoms with Crippen LogP contribution in [0.25, 0.3) is 0 Å². The van der Waals surface area contributed by atoms with E-state index in [1.54, 1.807) is 0 Å². The van der Waals surface area contributed by atoms with Gasteiger partial charge >= 0.3 is 0 Å². The van der Waals surface area contributed by atoms with Crippen LogP contribution in [0.4, 0.5) is 0 Å². The molecule has 1 aromatic rings. The lowest BCUT2D eigenvalue weighted by Gasteiger charge is -2.20. The number of amides is 2. The molecule has 20 heavy (non-hydrogen) atoms. The van der Waals surface area contributed by atoms with E-state index >= 15 is 0 Å². The van der Waals surface area contributed by atoms with E-state index < -0.39 is 0 Å². The summed E-state index contributed by atoms with van der Waals surface area (Å²) in [5.41, 5.74) is 0.804. The van der Waals surface area contributed by atoms with E-state index in [0.29, 0.717) is 12.8 Å². The normalized spacial score (nSPS) is 11.0. The Labute approximate surface area is 128 Å². The van der Waals surface area contributed by atoms with Gasteiger partial charge in [0.05, 0.1) is 6.54 Å². The Balaban J connectivity index is 2.31. The second kappa shape index (κ2) is 7.43. The highest BCUT2D eigenvalue weighted by molar-refractivity contribution is 9.10. The number of carbonyl (C=O) groups is 2. The number of aryl methyl sites for hydroxylation is 1. The van der Waals surface area contributed by atoms with E-state index in [4.69, 9.17) is 0 Å². The van der Waals surface area contributed by atoms with Crippen molar-refractivity contribution >= 4 is 27.7 Å². The van der Waals surface area contributed by atoms with Crippen LogP contribution in [0, 0.1) is 0 Å². The van der Waals surface area contributed by atoms with E-state index in [-0.39, 0.29) is 23.9 Å². The van der Waals surface area contributed by atoms with Crippen molar-refractivity contribution in [2.24, 2.45) is 0 Å². The van der Waals surface area contributed by atoms with Gasteiger partial charge in [-0.15, -0.1) is 0 Å². The zero-order valence-corrected chi connectivity index (χ0v) is 13.7. The first-order valence-corrected chi connectivity index (χ1v) is 7.38. The fraction of sp³-hybridized carbons (Fsp3) is 0.467. The molecule has 0 saturated carbocycles. The molecule has 0 aliphatic heterocycles. The molecule has 2 N–H and O–H groups in total. The minimum Gasteiger partial charge on any atom is -0.350 e. The molecule has 4 nitrogen and oxygen atoms in total. The molecule has 0 saturated heterocycles. The van der Waals surface area contributed by atoms with E-state index in [0.717, 1.165) is 10.0 Å². The summed E-state index contributed by atoms with van der Waals surface area (Å²) in [4.78, 5) is 23.2. The Kier molecular flexibility index (Phi) is 6.20. The molecule has 0 radical (unpaired) electrons. The van der Waals surface area contributed by atoms with E-state index in [1.807, 2.05) is 45.0 Å². The summed E-state index contributed by atoms with van der Waals surface area (Å²) in [7, 11) is 0. The van der Waals surface area contributed by atoms with Crippen LogP contribution in [0.5, 0.6) is 0 Å². The summed E-state index contributed by atoms with van der Waals surface area (Å²) in [5, 5.41) is 5.42. The van der Waals surface area contributed by atoms with Gasteiger partial charge in [-0.2, -0.15) is 0 Å². The monoisotopic (exact) mass is 340 g/mol. The van der Waals surface area contributed by atoms with Gasteiger partial charge in [-0.1, -0.05) is 34.1 Å². The molecule has 0 aromatic heterocycles. The van der Waals surface area contributed by atoms with E-state index in [1.165, 1.54) is 0 Å². The highest BCUT2D eigenvalue weighted by atomic mass is 79.9. The third-order valence-corrected chi connectivity index (χ3v) is 3.31. The molecule has 5 heteroatoms. The Morgan fingerprint density at radius 2 is 1.80 bits per heavy atom. The smallest absolute Gasteiger partial charge is 0.239 e. The molecule has 0 fully saturated rings. The highest BCUT2D eigenvalue weighted by Crippen LogP contribution is 2.17. The van der Waals surface area contributed by atoms with Crippen molar-refractivity contribution < 1.29 is 9.59 Å². The first-order valence-electron chi connectivity index (χ1n) is 6.59. The lowest BCUT2D eigenvalue weighted by atomic mass is 10.1. The zero-order valence-electron chi connectivity index (χ0n) is 12.1. The lowest BCUT2D eigenvalue weighted by Crippen LogP contribution is -2.45. The topological polar surface area (TPSA) is 58.2 Å². The number of rotatable bonds is 5. The predicted octanol–water partition coefficient (Wildman–Crippen LogP) is 2.41. The molecule has 0 unspecified atom stereocenters. The van der Waals surface area contributed by atoms with Gasteiger partial charge < -0.3 is 10.6 Å². The quantitative estimate of drug-likeness (QED) is 0.864. The average molecular weight is 341 g/mol. The molecule has 1 rings (SSSR count). The molecule has 0 bridgehead atoms. The summed E-state index contributed by atoms with van der Waals surface area (Å²) in [6.07, 6.45) is 1.01. The van der Waals surface area contributed by atoms with Crippen LogP contribution in [0.15, 0.2) is 28.7 Å². The fourth-order valence-corrected chi connectivity index (χ4v) is 2.16. The predicted molar refractivity (Wildman–Crippen MR) is 83.4 cm³/mol. The van der Waals surface area contributed by atoms with Gasteiger partial charge in [0.2, 0.25) is 11.8 Å². The Bertz CT molecular complexity index is 481. The standard InChI is InChI=1S/C15H21BrN2O2/c1-15(2,3)18-14(20)10-17-13(19)9-8-11-6-4-5-7-12(11)16/h4-7H,8-10H2,1-3H3,(H,17,19)(H,18,20). The molecule has 2 amide bonds. The number of nitrogens with one attached hydrogen (secondary N) is 2.